The van der Waals surface area contributed by atoms with Gasteiger partial charge in [-0.05, 0) is 49.3 Å². The zero-order valence-electron chi connectivity index (χ0n) is 14.0. The average molecular weight is 348 g/mol. The molecular formula is C17H24N4O2S. The van der Waals surface area contributed by atoms with Crippen molar-refractivity contribution >= 4 is 26.6 Å². The van der Waals surface area contributed by atoms with Gasteiger partial charge in [0, 0.05) is 37.3 Å². The molecule has 1 aromatic carbocycles. The number of anilines is 1. The number of hydrogen-bond donors (Lipinski definition) is 1. The third-order valence-electron chi connectivity index (χ3n) is 5.41. The number of benzene rings is 1. The molecule has 0 saturated carbocycles. The summed E-state index contributed by atoms with van der Waals surface area (Å²) in [5.74, 6) is 0.394. The topological polar surface area (TPSA) is 69.3 Å². The van der Waals surface area contributed by atoms with Crippen LogP contribution in [-0.4, -0.2) is 55.4 Å². The predicted molar refractivity (Wildman–Crippen MR) is 95.9 cm³/mol. The van der Waals surface area contributed by atoms with Crippen LogP contribution >= 0.6 is 0 Å². The Morgan fingerprint density at radius 1 is 1.12 bits per heavy atom. The van der Waals surface area contributed by atoms with Crippen molar-refractivity contribution in [3.05, 3.63) is 23.9 Å². The number of H-pyrrole nitrogens is 1. The number of hydrogen-bond acceptors (Lipinski definition) is 4. The Bertz CT molecular complexity index is 831. The molecule has 0 aliphatic carbocycles. The summed E-state index contributed by atoms with van der Waals surface area (Å²) >= 11 is 0. The van der Waals surface area contributed by atoms with Crippen molar-refractivity contribution in [1.82, 2.24) is 14.5 Å². The van der Waals surface area contributed by atoms with E-state index >= 15 is 0 Å². The standard InChI is InChI=1S/C17H24N4O2S/c1-24(22,23)21-8-4-13(5-9-21)15-10-14(20-6-2-3-7-20)11-17-16(15)12-18-19-17/h10-13H,2-9H2,1H3,(H,18,19). The molecule has 130 valence electrons. The van der Waals surface area contributed by atoms with Gasteiger partial charge in [0.1, 0.15) is 0 Å². The van der Waals surface area contributed by atoms with Gasteiger partial charge in [-0.1, -0.05) is 0 Å². The van der Waals surface area contributed by atoms with Crippen molar-refractivity contribution in [3.63, 3.8) is 0 Å². The molecule has 2 aromatic rings. The minimum atomic E-state index is -3.08. The highest BCUT2D eigenvalue weighted by Crippen LogP contribution is 2.36. The van der Waals surface area contributed by atoms with Gasteiger partial charge in [-0.3, -0.25) is 5.10 Å². The highest BCUT2D eigenvalue weighted by Gasteiger charge is 2.27. The van der Waals surface area contributed by atoms with E-state index in [0.29, 0.717) is 19.0 Å². The fraction of sp³-hybridized carbons (Fsp3) is 0.588. The minimum Gasteiger partial charge on any atom is -0.371 e. The first-order valence-corrected chi connectivity index (χ1v) is 10.5. The van der Waals surface area contributed by atoms with Gasteiger partial charge in [0.05, 0.1) is 18.0 Å². The molecule has 0 radical (unpaired) electrons. The highest BCUT2D eigenvalue weighted by molar-refractivity contribution is 7.88. The molecule has 7 heteroatoms. The fourth-order valence-electron chi connectivity index (χ4n) is 4.06. The first-order chi connectivity index (χ1) is 11.5. The fourth-order valence-corrected chi connectivity index (χ4v) is 4.93. The van der Waals surface area contributed by atoms with E-state index in [1.807, 2.05) is 6.20 Å². The molecule has 2 saturated heterocycles. The Balaban J connectivity index is 1.65. The van der Waals surface area contributed by atoms with Gasteiger partial charge in [-0.2, -0.15) is 5.10 Å². The Kier molecular flexibility index (Phi) is 4.00. The molecule has 24 heavy (non-hydrogen) atoms. The molecule has 0 atom stereocenters. The van der Waals surface area contributed by atoms with Crippen LogP contribution in [0.2, 0.25) is 0 Å². The summed E-state index contributed by atoms with van der Waals surface area (Å²) in [6.07, 6.45) is 7.46. The molecule has 2 fully saturated rings. The van der Waals surface area contributed by atoms with E-state index in [4.69, 9.17) is 0 Å². The first-order valence-electron chi connectivity index (χ1n) is 8.69. The second kappa shape index (κ2) is 6.04. The maximum Gasteiger partial charge on any atom is 0.211 e. The molecule has 6 nitrogen and oxygen atoms in total. The van der Waals surface area contributed by atoms with Crippen molar-refractivity contribution in [1.29, 1.82) is 0 Å². The van der Waals surface area contributed by atoms with Crippen molar-refractivity contribution in [2.24, 2.45) is 0 Å². The number of sulfonamides is 1. The number of nitrogens with zero attached hydrogens (tertiary/aromatic N) is 3. The van der Waals surface area contributed by atoms with Crippen molar-refractivity contribution in [2.45, 2.75) is 31.6 Å². The lowest BCUT2D eigenvalue weighted by molar-refractivity contribution is 0.322. The lowest BCUT2D eigenvalue weighted by atomic mass is 9.88. The molecular weight excluding hydrogens is 324 g/mol. The van der Waals surface area contributed by atoms with E-state index in [1.54, 1.807) is 4.31 Å². The third kappa shape index (κ3) is 2.91. The van der Waals surface area contributed by atoms with Gasteiger partial charge in [0.25, 0.3) is 0 Å². The normalized spacial score (nSPS) is 21.0. The van der Waals surface area contributed by atoms with Crippen molar-refractivity contribution < 1.29 is 8.42 Å². The maximum atomic E-state index is 11.7. The SMILES string of the molecule is CS(=O)(=O)N1CCC(c2cc(N3CCCC3)cc3[nH]ncc23)CC1. The molecule has 0 spiro atoms. The summed E-state index contributed by atoms with van der Waals surface area (Å²) in [7, 11) is -3.08. The van der Waals surface area contributed by atoms with E-state index < -0.39 is 10.0 Å². The number of aromatic amines is 1. The number of aromatic nitrogens is 2. The second-order valence-corrected chi connectivity index (χ2v) is 8.98. The largest absolute Gasteiger partial charge is 0.371 e. The van der Waals surface area contributed by atoms with Crippen LogP contribution in [0.25, 0.3) is 10.9 Å². The van der Waals surface area contributed by atoms with Crippen LogP contribution < -0.4 is 4.90 Å². The summed E-state index contributed by atoms with van der Waals surface area (Å²) in [4.78, 5) is 2.44. The lowest BCUT2D eigenvalue weighted by Gasteiger charge is -2.31. The predicted octanol–water partition coefficient (Wildman–Crippen LogP) is 2.30. The summed E-state index contributed by atoms with van der Waals surface area (Å²) in [6.45, 7) is 3.45. The number of fused-ring (bicyclic) bond motifs is 1. The molecule has 4 rings (SSSR count). The van der Waals surface area contributed by atoms with Gasteiger partial charge >= 0.3 is 0 Å². The van der Waals surface area contributed by atoms with E-state index in [-0.39, 0.29) is 0 Å². The molecule has 0 amide bonds. The minimum absolute atomic E-state index is 0.394. The van der Waals surface area contributed by atoms with E-state index in [0.717, 1.165) is 31.4 Å². The summed E-state index contributed by atoms with van der Waals surface area (Å²) < 4.78 is 25.1. The molecule has 1 aromatic heterocycles. The van der Waals surface area contributed by atoms with Crippen LogP contribution in [0, 0.1) is 0 Å². The maximum absolute atomic E-state index is 11.7. The van der Waals surface area contributed by atoms with Crippen LogP contribution in [0.1, 0.15) is 37.2 Å². The van der Waals surface area contributed by atoms with Gasteiger partial charge < -0.3 is 4.90 Å². The summed E-state index contributed by atoms with van der Waals surface area (Å²) in [6, 6.07) is 4.51. The molecule has 2 aliphatic rings. The lowest BCUT2D eigenvalue weighted by Crippen LogP contribution is -2.37. The van der Waals surface area contributed by atoms with Crippen LogP contribution in [0.5, 0.6) is 0 Å². The Morgan fingerprint density at radius 3 is 2.50 bits per heavy atom. The van der Waals surface area contributed by atoms with Crippen molar-refractivity contribution in [2.75, 3.05) is 37.3 Å². The molecule has 0 unspecified atom stereocenters. The van der Waals surface area contributed by atoms with Crippen LogP contribution in [0.3, 0.4) is 0 Å². The van der Waals surface area contributed by atoms with Gasteiger partial charge in [-0.25, -0.2) is 12.7 Å². The van der Waals surface area contributed by atoms with Crippen LogP contribution in [0.15, 0.2) is 18.3 Å². The first kappa shape index (κ1) is 15.9. The number of rotatable bonds is 3. The summed E-state index contributed by atoms with van der Waals surface area (Å²) in [5, 5.41) is 8.52. The molecule has 2 aliphatic heterocycles. The Morgan fingerprint density at radius 2 is 1.83 bits per heavy atom. The van der Waals surface area contributed by atoms with E-state index in [1.165, 1.54) is 35.7 Å². The van der Waals surface area contributed by atoms with Crippen LogP contribution in [0.4, 0.5) is 5.69 Å². The van der Waals surface area contributed by atoms with Gasteiger partial charge in [0.2, 0.25) is 10.0 Å². The quantitative estimate of drug-likeness (QED) is 0.924. The van der Waals surface area contributed by atoms with Gasteiger partial charge in [0.15, 0.2) is 0 Å². The van der Waals surface area contributed by atoms with E-state index in [9.17, 15) is 8.42 Å². The van der Waals surface area contributed by atoms with E-state index in [2.05, 4.69) is 27.2 Å². The number of nitrogens with one attached hydrogen (secondary N) is 1. The molecule has 0 bridgehead atoms. The Hall–Kier alpha value is -1.60. The van der Waals surface area contributed by atoms with Crippen LogP contribution in [-0.2, 0) is 10.0 Å². The zero-order valence-corrected chi connectivity index (χ0v) is 14.8. The monoisotopic (exact) mass is 348 g/mol. The highest BCUT2D eigenvalue weighted by atomic mass is 32.2. The zero-order chi connectivity index (χ0) is 16.7. The average Bonchev–Trinajstić information content (AvgIpc) is 3.24. The summed E-state index contributed by atoms with van der Waals surface area (Å²) in [5.41, 5.74) is 3.67. The Labute approximate surface area is 142 Å². The molecule has 3 heterocycles. The smallest absolute Gasteiger partial charge is 0.211 e. The number of piperidine rings is 1. The van der Waals surface area contributed by atoms with Gasteiger partial charge in [-0.15, -0.1) is 0 Å². The molecule has 1 N–H and O–H groups in total. The second-order valence-electron chi connectivity index (χ2n) is 7.00. The third-order valence-corrected chi connectivity index (χ3v) is 6.71. The van der Waals surface area contributed by atoms with Crippen molar-refractivity contribution in [3.8, 4) is 0 Å².